The van der Waals surface area contributed by atoms with Crippen LogP contribution in [0.2, 0.25) is 10.0 Å². The van der Waals surface area contributed by atoms with E-state index >= 15 is 0 Å². The van der Waals surface area contributed by atoms with Gasteiger partial charge >= 0.3 is 0 Å². The molecule has 0 saturated carbocycles. The SMILES string of the molecule is CC(C)(CCCO)CNS(=O)(=O)c1ccc(Cl)c(N)c1Cl. The molecule has 4 N–H and O–H groups in total. The Balaban J connectivity index is 2.91. The molecule has 0 amide bonds. The van der Waals surface area contributed by atoms with Crippen molar-refractivity contribution in [3.63, 3.8) is 0 Å². The first kappa shape index (κ1) is 18.5. The monoisotopic (exact) mass is 354 g/mol. The molecule has 0 unspecified atom stereocenters. The summed E-state index contributed by atoms with van der Waals surface area (Å²) in [7, 11) is -3.77. The third kappa shape index (κ3) is 5.00. The van der Waals surface area contributed by atoms with Crippen LogP contribution in [0.25, 0.3) is 0 Å². The van der Waals surface area contributed by atoms with Gasteiger partial charge in [0.1, 0.15) is 4.90 Å². The van der Waals surface area contributed by atoms with Crippen molar-refractivity contribution in [2.75, 3.05) is 18.9 Å². The molecule has 0 aliphatic carbocycles. The summed E-state index contributed by atoms with van der Waals surface area (Å²) >= 11 is 11.7. The fourth-order valence-electron chi connectivity index (χ4n) is 1.77. The molecule has 0 spiro atoms. The van der Waals surface area contributed by atoms with E-state index in [9.17, 15) is 8.42 Å². The smallest absolute Gasteiger partial charge is 0.242 e. The van der Waals surface area contributed by atoms with E-state index in [1.165, 1.54) is 12.1 Å². The molecule has 0 bridgehead atoms. The van der Waals surface area contributed by atoms with Gasteiger partial charge in [0.25, 0.3) is 0 Å². The van der Waals surface area contributed by atoms with Gasteiger partial charge in [0, 0.05) is 13.2 Å². The molecular formula is C13H20Cl2N2O3S. The Bertz CT molecular complexity index is 604. The number of hydrogen-bond acceptors (Lipinski definition) is 4. The lowest BCUT2D eigenvalue weighted by Gasteiger charge is -2.24. The molecule has 0 aromatic heterocycles. The number of halogens is 2. The number of nitrogens with one attached hydrogen (secondary N) is 1. The van der Waals surface area contributed by atoms with Crippen molar-refractivity contribution in [3.8, 4) is 0 Å². The fourth-order valence-corrected chi connectivity index (χ4v) is 3.78. The topological polar surface area (TPSA) is 92.4 Å². The molecule has 0 aliphatic rings. The highest BCUT2D eigenvalue weighted by Gasteiger charge is 2.24. The number of aliphatic hydroxyl groups excluding tert-OH is 1. The molecular weight excluding hydrogens is 335 g/mol. The van der Waals surface area contributed by atoms with Gasteiger partial charge in [-0.25, -0.2) is 13.1 Å². The third-order valence-electron chi connectivity index (χ3n) is 3.13. The lowest BCUT2D eigenvalue weighted by Crippen LogP contribution is -2.34. The van der Waals surface area contributed by atoms with Crippen LogP contribution < -0.4 is 10.5 Å². The molecule has 1 aromatic carbocycles. The van der Waals surface area contributed by atoms with Crippen molar-refractivity contribution in [2.45, 2.75) is 31.6 Å². The predicted molar refractivity (Wildman–Crippen MR) is 86.2 cm³/mol. The number of nitrogen functional groups attached to an aromatic ring is 1. The first-order chi connectivity index (χ1) is 9.60. The van der Waals surface area contributed by atoms with Crippen LogP contribution in [0, 0.1) is 5.41 Å². The van der Waals surface area contributed by atoms with E-state index in [4.69, 9.17) is 34.0 Å². The van der Waals surface area contributed by atoms with Crippen LogP contribution in [-0.2, 0) is 10.0 Å². The van der Waals surface area contributed by atoms with Crippen molar-refractivity contribution >= 4 is 38.9 Å². The van der Waals surface area contributed by atoms with Crippen molar-refractivity contribution in [1.29, 1.82) is 0 Å². The summed E-state index contributed by atoms with van der Waals surface area (Å²) < 4.78 is 27.1. The zero-order valence-corrected chi connectivity index (χ0v) is 14.3. The summed E-state index contributed by atoms with van der Waals surface area (Å²) in [5.74, 6) is 0. The van der Waals surface area contributed by atoms with Gasteiger partial charge in [-0.1, -0.05) is 37.0 Å². The second kappa shape index (κ2) is 7.15. The van der Waals surface area contributed by atoms with Crippen molar-refractivity contribution in [2.24, 2.45) is 5.41 Å². The van der Waals surface area contributed by atoms with Gasteiger partial charge < -0.3 is 10.8 Å². The normalized spacial score (nSPS) is 12.6. The van der Waals surface area contributed by atoms with Gasteiger partial charge in [-0.15, -0.1) is 0 Å². The first-order valence-corrected chi connectivity index (χ1v) is 8.68. The minimum atomic E-state index is -3.77. The minimum Gasteiger partial charge on any atom is -0.396 e. The molecule has 5 nitrogen and oxygen atoms in total. The number of nitrogens with two attached hydrogens (primary N) is 1. The molecule has 1 aromatic rings. The first-order valence-electron chi connectivity index (χ1n) is 6.45. The number of aliphatic hydroxyl groups is 1. The zero-order chi connectivity index (χ0) is 16.3. The summed E-state index contributed by atoms with van der Waals surface area (Å²) in [5, 5.41) is 8.98. The molecule has 0 heterocycles. The largest absolute Gasteiger partial charge is 0.396 e. The Morgan fingerprint density at radius 2 is 1.95 bits per heavy atom. The van der Waals surface area contributed by atoms with Crippen molar-refractivity contribution < 1.29 is 13.5 Å². The summed E-state index contributed by atoms with van der Waals surface area (Å²) in [4.78, 5) is -0.0935. The summed E-state index contributed by atoms with van der Waals surface area (Å²) in [6, 6.07) is 2.72. The quantitative estimate of drug-likeness (QED) is 0.656. The van der Waals surface area contributed by atoms with Crippen LogP contribution in [0.15, 0.2) is 17.0 Å². The maximum atomic E-state index is 12.3. The maximum absolute atomic E-state index is 12.3. The molecule has 0 radical (unpaired) electrons. The van der Waals surface area contributed by atoms with Gasteiger partial charge in [0.2, 0.25) is 10.0 Å². The summed E-state index contributed by atoms with van der Waals surface area (Å²) in [6.45, 7) is 4.15. The van der Waals surface area contributed by atoms with Crippen LogP contribution >= 0.6 is 23.2 Å². The molecule has 8 heteroatoms. The van der Waals surface area contributed by atoms with E-state index in [1.807, 2.05) is 13.8 Å². The van der Waals surface area contributed by atoms with E-state index in [1.54, 1.807) is 0 Å². The average Bonchev–Trinajstić information content (AvgIpc) is 2.40. The molecule has 21 heavy (non-hydrogen) atoms. The number of benzene rings is 1. The Kier molecular flexibility index (Phi) is 6.31. The summed E-state index contributed by atoms with van der Waals surface area (Å²) in [6.07, 6.45) is 1.31. The van der Waals surface area contributed by atoms with Crippen LogP contribution in [0.1, 0.15) is 26.7 Å². The Morgan fingerprint density at radius 3 is 2.52 bits per heavy atom. The van der Waals surface area contributed by atoms with Gasteiger partial charge in [-0.05, 0) is 30.4 Å². The van der Waals surface area contributed by atoms with Crippen molar-refractivity contribution in [1.82, 2.24) is 4.72 Å². The van der Waals surface area contributed by atoms with E-state index < -0.39 is 10.0 Å². The predicted octanol–water partition coefficient (Wildman–Crippen LogP) is 2.65. The zero-order valence-electron chi connectivity index (χ0n) is 12.0. The fraction of sp³-hybridized carbons (Fsp3) is 0.538. The molecule has 0 aliphatic heterocycles. The Labute approximate surface area is 135 Å². The maximum Gasteiger partial charge on any atom is 0.242 e. The highest BCUT2D eigenvalue weighted by Crippen LogP contribution is 2.33. The van der Waals surface area contributed by atoms with Crippen molar-refractivity contribution in [3.05, 3.63) is 22.2 Å². The van der Waals surface area contributed by atoms with E-state index in [0.717, 1.165) is 0 Å². The number of rotatable bonds is 7. The second-order valence-electron chi connectivity index (χ2n) is 5.59. The highest BCUT2D eigenvalue weighted by atomic mass is 35.5. The van der Waals surface area contributed by atoms with Gasteiger partial charge in [-0.2, -0.15) is 0 Å². The van der Waals surface area contributed by atoms with Crippen LogP contribution in [0.3, 0.4) is 0 Å². The molecule has 1 rings (SSSR count). The van der Waals surface area contributed by atoms with E-state index in [-0.39, 0.29) is 39.2 Å². The van der Waals surface area contributed by atoms with E-state index in [0.29, 0.717) is 12.8 Å². The Hall–Kier alpha value is -0.530. The summed E-state index contributed by atoms with van der Waals surface area (Å²) in [5.41, 5.74) is 5.41. The van der Waals surface area contributed by atoms with Gasteiger partial charge in [-0.3, -0.25) is 0 Å². The average molecular weight is 355 g/mol. The highest BCUT2D eigenvalue weighted by molar-refractivity contribution is 7.89. The van der Waals surface area contributed by atoms with E-state index in [2.05, 4.69) is 4.72 Å². The number of anilines is 1. The van der Waals surface area contributed by atoms with Gasteiger partial charge in [0.15, 0.2) is 0 Å². The van der Waals surface area contributed by atoms with Crippen LogP contribution in [0.4, 0.5) is 5.69 Å². The van der Waals surface area contributed by atoms with Crippen LogP contribution in [0.5, 0.6) is 0 Å². The van der Waals surface area contributed by atoms with Gasteiger partial charge in [0.05, 0.1) is 15.7 Å². The third-order valence-corrected chi connectivity index (χ3v) is 5.43. The Morgan fingerprint density at radius 1 is 1.33 bits per heavy atom. The lowest BCUT2D eigenvalue weighted by atomic mass is 9.88. The number of hydrogen-bond donors (Lipinski definition) is 3. The molecule has 120 valence electrons. The second-order valence-corrected chi connectivity index (χ2v) is 8.11. The molecule has 0 atom stereocenters. The van der Waals surface area contributed by atoms with Crippen LogP contribution in [-0.4, -0.2) is 26.7 Å². The lowest BCUT2D eigenvalue weighted by molar-refractivity contribution is 0.242. The standard InChI is InChI=1S/C13H20Cl2N2O3S/c1-13(2,6-3-7-18)8-17-21(19,20)10-5-4-9(14)12(16)11(10)15/h4-5,17-18H,3,6-8,16H2,1-2H3. The number of sulfonamides is 1. The molecule has 0 saturated heterocycles. The minimum absolute atomic E-state index is 0.0424. The molecule has 0 fully saturated rings.